The number of carbonyl (C=O) groups is 1. The minimum absolute atomic E-state index is 0.190. The standard InChI is InChI=1S/C16H14O2S/c1-2-6-12(17)11-7-5-9-14-16(11)19-15-10-4-3-8-13(15)18-14/h3-5,7-10H,2,6H2,1H3. The van der Waals surface area contributed by atoms with Crippen LogP contribution in [0.3, 0.4) is 0 Å². The Morgan fingerprint density at radius 2 is 1.89 bits per heavy atom. The summed E-state index contributed by atoms with van der Waals surface area (Å²) in [5.74, 6) is 1.83. The topological polar surface area (TPSA) is 26.3 Å². The van der Waals surface area contributed by atoms with Gasteiger partial charge in [0.05, 0.1) is 9.79 Å². The van der Waals surface area contributed by atoms with Crippen LogP contribution in [0.1, 0.15) is 30.1 Å². The second-order valence-electron chi connectivity index (χ2n) is 4.46. The molecule has 1 aliphatic rings. The van der Waals surface area contributed by atoms with Gasteiger partial charge in [0.25, 0.3) is 0 Å². The second kappa shape index (κ2) is 5.10. The summed E-state index contributed by atoms with van der Waals surface area (Å²) in [6.45, 7) is 2.02. The van der Waals surface area contributed by atoms with Crippen LogP contribution >= 0.6 is 11.8 Å². The summed E-state index contributed by atoms with van der Waals surface area (Å²) in [5, 5.41) is 0. The highest BCUT2D eigenvalue weighted by Crippen LogP contribution is 2.48. The zero-order chi connectivity index (χ0) is 13.2. The van der Waals surface area contributed by atoms with E-state index in [0.29, 0.717) is 6.42 Å². The van der Waals surface area contributed by atoms with Crippen molar-refractivity contribution in [2.45, 2.75) is 29.6 Å². The summed E-state index contributed by atoms with van der Waals surface area (Å²) in [6, 6.07) is 13.6. The summed E-state index contributed by atoms with van der Waals surface area (Å²) in [6.07, 6.45) is 1.45. The molecule has 2 aromatic carbocycles. The predicted octanol–water partition coefficient (Wildman–Crippen LogP) is 4.93. The van der Waals surface area contributed by atoms with Gasteiger partial charge >= 0.3 is 0 Å². The van der Waals surface area contributed by atoms with Gasteiger partial charge < -0.3 is 4.74 Å². The van der Waals surface area contributed by atoms with Crippen LogP contribution in [0.15, 0.2) is 52.3 Å². The van der Waals surface area contributed by atoms with Crippen molar-refractivity contribution in [3.05, 3.63) is 48.0 Å². The van der Waals surface area contributed by atoms with E-state index >= 15 is 0 Å². The molecule has 0 aliphatic carbocycles. The molecule has 0 saturated carbocycles. The Hall–Kier alpha value is -1.74. The van der Waals surface area contributed by atoms with Crippen LogP contribution in [-0.4, -0.2) is 5.78 Å². The highest BCUT2D eigenvalue weighted by Gasteiger charge is 2.22. The average molecular weight is 270 g/mol. The van der Waals surface area contributed by atoms with Crippen molar-refractivity contribution in [1.29, 1.82) is 0 Å². The van der Waals surface area contributed by atoms with E-state index in [-0.39, 0.29) is 5.78 Å². The summed E-state index contributed by atoms with van der Waals surface area (Å²) >= 11 is 1.62. The van der Waals surface area contributed by atoms with Crippen LogP contribution < -0.4 is 4.74 Å². The fourth-order valence-electron chi connectivity index (χ4n) is 2.13. The quantitative estimate of drug-likeness (QED) is 0.631. The Bertz CT molecular complexity index is 634. The van der Waals surface area contributed by atoms with E-state index in [4.69, 9.17) is 4.74 Å². The molecule has 0 radical (unpaired) electrons. The Balaban J connectivity index is 2.03. The number of ether oxygens (including phenoxy) is 1. The number of fused-ring (bicyclic) bond motifs is 2. The number of ketones is 1. The Kier molecular flexibility index (Phi) is 3.30. The maximum absolute atomic E-state index is 12.2. The van der Waals surface area contributed by atoms with Crippen molar-refractivity contribution in [2.24, 2.45) is 0 Å². The van der Waals surface area contributed by atoms with E-state index in [1.807, 2.05) is 49.4 Å². The molecular weight excluding hydrogens is 256 g/mol. The monoisotopic (exact) mass is 270 g/mol. The Labute approximate surface area is 116 Å². The molecule has 0 spiro atoms. The van der Waals surface area contributed by atoms with E-state index in [1.54, 1.807) is 11.8 Å². The first-order valence-corrected chi connectivity index (χ1v) is 7.22. The molecule has 3 rings (SSSR count). The fraction of sp³-hybridized carbons (Fsp3) is 0.188. The molecule has 0 amide bonds. The van der Waals surface area contributed by atoms with E-state index in [9.17, 15) is 4.79 Å². The molecule has 0 bridgehead atoms. The summed E-state index contributed by atoms with van der Waals surface area (Å²) in [4.78, 5) is 14.2. The van der Waals surface area contributed by atoms with Crippen molar-refractivity contribution in [2.75, 3.05) is 0 Å². The number of carbonyl (C=O) groups excluding carboxylic acids is 1. The van der Waals surface area contributed by atoms with Gasteiger partial charge in [-0.15, -0.1) is 0 Å². The maximum atomic E-state index is 12.2. The first-order chi connectivity index (χ1) is 9.29. The predicted molar refractivity (Wildman–Crippen MR) is 76.3 cm³/mol. The van der Waals surface area contributed by atoms with E-state index in [0.717, 1.165) is 33.3 Å². The number of benzene rings is 2. The van der Waals surface area contributed by atoms with Gasteiger partial charge in [0.1, 0.15) is 11.5 Å². The molecule has 2 aromatic rings. The van der Waals surface area contributed by atoms with Crippen molar-refractivity contribution < 1.29 is 9.53 Å². The van der Waals surface area contributed by atoms with Gasteiger partial charge in [-0.3, -0.25) is 4.79 Å². The SMILES string of the molecule is CCCC(=O)c1cccc2c1Sc1ccccc1O2. The molecule has 1 aliphatic heterocycles. The molecular formula is C16H14O2S. The Morgan fingerprint density at radius 1 is 1.11 bits per heavy atom. The van der Waals surface area contributed by atoms with Gasteiger partial charge in [-0.05, 0) is 30.7 Å². The van der Waals surface area contributed by atoms with Gasteiger partial charge in [0.15, 0.2) is 5.78 Å². The van der Waals surface area contributed by atoms with Gasteiger partial charge in [-0.25, -0.2) is 0 Å². The normalized spacial score (nSPS) is 12.3. The van der Waals surface area contributed by atoms with Crippen LogP contribution in [-0.2, 0) is 0 Å². The first kappa shape index (κ1) is 12.3. The molecule has 1 heterocycles. The van der Waals surface area contributed by atoms with Crippen molar-refractivity contribution >= 4 is 17.5 Å². The molecule has 0 N–H and O–H groups in total. The second-order valence-corrected chi connectivity index (χ2v) is 5.51. The highest BCUT2D eigenvalue weighted by atomic mass is 32.2. The lowest BCUT2D eigenvalue weighted by molar-refractivity contribution is 0.0978. The number of Topliss-reactive ketones (excluding diaryl/α,β-unsaturated/α-hetero) is 1. The minimum Gasteiger partial charge on any atom is -0.455 e. The smallest absolute Gasteiger partial charge is 0.164 e. The molecule has 0 aromatic heterocycles. The molecule has 0 atom stereocenters. The summed E-state index contributed by atoms with van der Waals surface area (Å²) in [5.41, 5.74) is 0.777. The van der Waals surface area contributed by atoms with Crippen molar-refractivity contribution in [1.82, 2.24) is 0 Å². The third-order valence-corrected chi connectivity index (χ3v) is 4.22. The first-order valence-electron chi connectivity index (χ1n) is 6.40. The number of para-hydroxylation sites is 1. The van der Waals surface area contributed by atoms with Gasteiger partial charge in [-0.2, -0.15) is 0 Å². The van der Waals surface area contributed by atoms with Gasteiger partial charge in [0.2, 0.25) is 0 Å². The van der Waals surface area contributed by atoms with E-state index in [1.165, 1.54) is 0 Å². The zero-order valence-electron chi connectivity index (χ0n) is 10.7. The number of hydrogen-bond donors (Lipinski definition) is 0. The summed E-state index contributed by atoms with van der Waals surface area (Å²) < 4.78 is 5.87. The fourth-order valence-corrected chi connectivity index (χ4v) is 3.21. The van der Waals surface area contributed by atoms with Crippen LogP contribution in [0, 0.1) is 0 Å². The van der Waals surface area contributed by atoms with E-state index < -0.39 is 0 Å². The highest BCUT2D eigenvalue weighted by molar-refractivity contribution is 7.99. The lowest BCUT2D eigenvalue weighted by atomic mass is 10.1. The van der Waals surface area contributed by atoms with Gasteiger partial charge in [0, 0.05) is 12.0 Å². The van der Waals surface area contributed by atoms with E-state index in [2.05, 4.69) is 0 Å². The van der Waals surface area contributed by atoms with Gasteiger partial charge in [-0.1, -0.05) is 36.9 Å². The van der Waals surface area contributed by atoms with Crippen molar-refractivity contribution in [3.63, 3.8) is 0 Å². The lowest BCUT2D eigenvalue weighted by Crippen LogP contribution is -2.04. The maximum Gasteiger partial charge on any atom is 0.164 e. The largest absolute Gasteiger partial charge is 0.455 e. The molecule has 2 nitrogen and oxygen atoms in total. The lowest BCUT2D eigenvalue weighted by Gasteiger charge is -2.21. The molecule has 96 valence electrons. The number of hydrogen-bond acceptors (Lipinski definition) is 3. The number of rotatable bonds is 3. The third kappa shape index (κ3) is 2.26. The average Bonchev–Trinajstić information content (AvgIpc) is 2.44. The van der Waals surface area contributed by atoms with Crippen LogP contribution in [0.4, 0.5) is 0 Å². The zero-order valence-corrected chi connectivity index (χ0v) is 11.5. The molecule has 0 fully saturated rings. The van der Waals surface area contributed by atoms with Crippen LogP contribution in [0.2, 0.25) is 0 Å². The Morgan fingerprint density at radius 3 is 2.74 bits per heavy atom. The molecule has 19 heavy (non-hydrogen) atoms. The summed E-state index contributed by atoms with van der Waals surface area (Å²) in [7, 11) is 0. The molecule has 0 saturated heterocycles. The van der Waals surface area contributed by atoms with Crippen LogP contribution in [0.5, 0.6) is 11.5 Å². The van der Waals surface area contributed by atoms with Crippen LogP contribution in [0.25, 0.3) is 0 Å². The molecule has 3 heteroatoms. The minimum atomic E-state index is 0.190. The molecule has 0 unspecified atom stereocenters. The van der Waals surface area contributed by atoms with Crippen molar-refractivity contribution in [3.8, 4) is 11.5 Å². The third-order valence-electron chi connectivity index (χ3n) is 3.04.